The van der Waals surface area contributed by atoms with Gasteiger partial charge >= 0.3 is 0 Å². The number of carbonyl (C=O) groups excluding carboxylic acids is 1. The molecule has 104 valence electrons. The average molecular weight is 273 g/mol. The zero-order valence-corrected chi connectivity index (χ0v) is 11.0. The fraction of sp³-hybridized carbons (Fsp3) is 0.154. The van der Waals surface area contributed by atoms with E-state index >= 15 is 0 Å². The van der Waals surface area contributed by atoms with Crippen molar-refractivity contribution < 1.29 is 9.53 Å². The number of anilines is 1. The van der Waals surface area contributed by atoms with Crippen LogP contribution in [0.5, 0.6) is 5.75 Å². The lowest BCUT2D eigenvalue weighted by Crippen LogP contribution is -2.24. The van der Waals surface area contributed by atoms with Gasteiger partial charge in [0.05, 0.1) is 19.5 Å². The van der Waals surface area contributed by atoms with E-state index in [0.29, 0.717) is 12.4 Å². The van der Waals surface area contributed by atoms with Crippen LogP contribution >= 0.6 is 0 Å². The molecule has 0 aliphatic heterocycles. The predicted molar refractivity (Wildman–Crippen MR) is 74.0 cm³/mol. The number of hydrazine groups is 1. The van der Waals surface area contributed by atoms with Crippen LogP contribution in [0.25, 0.3) is 0 Å². The number of rotatable bonds is 5. The molecular formula is C13H15N5O2. The summed E-state index contributed by atoms with van der Waals surface area (Å²) >= 11 is 0. The lowest BCUT2D eigenvalue weighted by Gasteiger charge is -2.09. The van der Waals surface area contributed by atoms with Crippen LogP contribution in [-0.4, -0.2) is 23.0 Å². The van der Waals surface area contributed by atoms with Crippen LogP contribution in [0.1, 0.15) is 16.1 Å². The van der Waals surface area contributed by atoms with Crippen molar-refractivity contribution >= 4 is 11.7 Å². The zero-order chi connectivity index (χ0) is 14.4. The number of hydrogen-bond acceptors (Lipinski definition) is 6. The number of ether oxygens (including phenoxy) is 1. The Bertz CT molecular complexity index is 586. The third kappa shape index (κ3) is 3.21. The fourth-order valence-electron chi connectivity index (χ4n) is 1.63. The number of benzene rings is 1. The van der Waals surface area contributed by atoms with Crippen molar-refractivity contribution in [3.8, 4) is 5.75 Å². The number of nitrogens with two attached hydrogens (primary N) is 1. The van der Waals surface area contributed by atoms with Crippen LogP contribution < -0.4 is 21.3 Å². The summed E-state index contributed by atoms with van der Waals surface area (Å²) in [6.45, 7) is 0.349. The highest BCUT2D eigenvalue weighted by Gasteiger charge is 2.09. The molecule has 0 saturated heterocycles. The van der Waals surface area contributed by atoms with E-state index in [1.165, 1.54) is 12.4 Å². The van der Waals surface area contributed by atoms with Gasteiger partial charge in [0.2, 0.25) is 0 Å². The molecule has 7 heteroatoms. The number of carbonyl (C=O) groups is 1. The zero-order valence-electron chi connectivity index (χ0n) is 11.0. The van der Waals surface area contributed by atoms with Gasteiger partial charge in [0, 0.05) is 12.1 Å². The van der Waals surface area contributed by atoms with Crippen molar-refractivity contribution in [2.24, 2.45) is 5.84 Å². The third-order valence-corrected chi connectivity index (χ3v) is 2.66. The Labute approximate surface area is 116 Å². The first kappa shape index (κ1) is 13.8. The molecule has 0 fully saturated rings. The van der Waals surface area contributed by atoms with E-state index in [1.54, 1.807) is 7.11 Å². The molecule has 0 bridgehead atoms. The maximum absolute atomic E-state index is 11.9. The summed E-state index contributed by atoms with van der Waals surface area (Å²) in [6.07, 6.45) is 2.74. The molecule has 4 N–H and O–H groups in total. The first-order chi connectivity index (χ1) is 9.74. The Morgan fingerprint density at radius 3 is 2.75 bits per heavy atom. The minimum atomic E-state index is -0.313. The maximum atomic E-state index is 11.9. The summed E-state index contributed by atoms with van der Waals surface area (Å²) in [6, 6.07) is 7.47. The molecule has 20 heavy (non-hydrogen) atoms. The normalized spacial score (nSPS) is 9.90. The van der Waals surface area contributed by atoms with E-state index in [2.05, 4.69) is 20.7 Å². The second kappa shape index (κ2) is 6.48. The summed E-state index contributed by atoms with van der Waals surface area (Å²) in [5.41, 5.74) is 3.45. The van der Waals surface area contributed by atoms with Gasteiger partial charge in [-0.15, -0.1) is 0 Å². The van der Waals surface area contributed by atoms with Crippen molar-refractivity contribution in [1.29, 1.82) is 0 Å². The van der Waals surface area contributed by atoms with Gasteiger partial charge in [-0.3, -0.25) is 4.79 Å². The van der Waals surface area contributed by atoms with Crippen LogP contribution in [0, 0.1) is 0 Å². The minimum absolute atomic E-state index is 0.221. The minimum Gasteiger partial charge on any atom is -0.496 e. The van der Waals surface area contributed by atoms with Gasteiger partial charge in [-0.1, -0.05) is 18.2 Å². The molecule has 0 radical (unpaired) electrons. The fourth-order valence-corrected chi connectivity index (χ4v) is 1.63. The van der Waals surface area contributed by atoms with Gasteiger partial charge in [-0.05, 0) is 6.07 Å². The number of nitrogen functional groups attached to an aromatic ring is 1. The molecule has 0 spiro atoms. The second-order valence-electron chi connectivity index (χ2n) is 3.93. The van der Waals surface area contributed by atoms with Crippen molar-refractivity contribution in [3.05, 3.63) is 47.9 Å². The number of para-hydroxylation sites is 1. The topological polar surface area (TPSA) is 102 Å². The highest BCUT2D eigenvalue weighted by Crippen LogP contribution is 2.16. The molecular weight excluding hydrogens is 258 g/mol. The standard InChI is InChI=1S/C13H15N5O2/c1-20-11-5-3-2-4-9(11)6-17-13(19)10-7-16-12(18-14)8-15-10/h2-5,7-8H,6,14H2,1H3,(H,16,18)(H,17,19). The monoisotopic (exact) mass is 273 g/mol. The number of methoxy groups -OCH3 is 1. The molecule has 1 heterocycles. The molecule has 2 aromatic rings. The summed E-state index contributed by atoms with van der Waals surface area (Å²) in [7, 11) is 1.59. The second-order valence-corrected chi connectivity index (χ2v) is 3.93. The summed E-state index contributed by atoms with van der Waals surface area (Å²) in [5, 5.41) is 2.75. The molecule has 1 aromatic carbocycles. The molecule has 0 aliphatic carbocycles. The smallest absolute Gasteiger partial charge is 0.271 e. The number of aromatic nitrogens is 2. The predicted octanol–water partition coefficient (Wildman–Crippen LogP) is 0.701. The highest BCUT2D eigenvalue weighted by atomic mass is 16.5. The SMILES string of the molecule is COc1ccccc1CNC(=O)c1cnc(NN)cn1. The lowest BCUT2D eigenvalue weighted by atomic mass is 10.2. The van der Waals surface area contributed by atoms with Crippen LogP contribution in [0.15, 0.2) is 36.7 Å². The summed E-state index contributed by atoms with van der Waals surface area (Å²) < 4.78 is 5.21. The first-order valence-electron chi connectivity index (χ1n) is 5.93. The van der Waals surface area contributed by atoms with Crippen LogP contribution in [0.2, 0.25) is 0 Å². The van der Waals surface area contributed by atoms with E-state index in [9.17, 15) is 4.79 Å². The van der Waals surface area contributed by atoms with Crippen molar-refractivity contribution in [3.63, 3.8) is 0 Å². The Hall–Kier alpha value is -2.67. The van der Waals surface area contributed by atoms with Gasteiger partial charge < -0.3 is 15.5 Å². The average Bonchev–Trinajstić information content (AvgIpc) is 2.53. The van der Waals surface area contributed by atoms with E-state index in [0.717, 1.165) is 11.3 Å². The molecule has 0 atom stereocenters. The Morgan fingerprint density at radius 1 is 1.30 bits per heavy atom. The molecule has 1 aromatic heterocycles. The van der Waals surface area contributed by atoms with E-state index in [1.807, 2.05) is 24.3 Å². The quantitative estimate of drug-likeness (QED) is 0.547. The Kier molecular flexibility index (Phi) is 4.46. The van der Waals surface area contributed by atoms with Gasteiger partial charge in [0.1, 0.15) is 11.4 Å². The summed E-state index contributed by atoms with van der Waals surface area (Å²) in [5.74, 6) is 5.98. The van der Waals surface area contributed by atoms with Gasteiger partial charge in [-0.2, -0.15) is 0 Å². The van der Waals surface area contributed by atoms with Gasteiger partial charge in [0.25, 0.3) is 5.91 Å². The molecule has 0 saturated carbocycles. The van der Waals surface area contributed by atoms with Gasteiger partial charge in [-0.25, -0.2) is 15.8 Å². The molecule has 2 rings (SSSR count). The van der Waals surface area contributed by atoms with E-state index < -0.39 is 0 Å². The number of nitrogens with one attached hydrogen (secondary N) is 2. The summed E-state index contributed by atoms with van der Waals surface area (Å²) in [4.78, 5) is 19.8. The maximum Gasteiger partial charge on any atom is 0.271 e. The Morgan fingerprint density at radius 2 is 2.10 bits per heavy atom. The van der Waals surface area contributed by atoms with Crippen LogP contribution in [0.3, 0.4) is 0 Å². The van der Waals surface area contributed by atoms with Crippen LogP contribution in [-0.2, 0) is 6.54 Å². The molecule has 1 amide bonds. The van der Waals surface area contributed by atoms with Gasteiger partial charge in [0.15, 0.2) is 5.82 Å². The van der Waals surface area contributed by atoms with Crippen LogP contribution in [0.4, 0.5) is 5.82 Å². The molecule has 7 nitrogen and oxygen atoms in total. The van der Waals surface area contributed by atoms with Crippen molar-refractivity contribution in [1.82, 2.24) is 15.3 Å². The molecule has 0 unspecified atom stereocenters. The van der Waals surface area contributed by atoms with Crippen molar-refractivity contribution in [2.75, 3.05) is 12.5 Å². The van der Waals surface area contributed by atoms with Crippen molar-refractivity contribution in [2.45, 2.75) is 6.54 Å². The largest absolute Gasteiger partial charge is 0.496 e. The molecule has 0 aliphatic rings. The number of hydrogen-bond donors (Lipinski definition) is 3. The highest BCUT2D eigenvalue weighted by molar-refractivity contribution is 5.92. The van der Waals surface area contributed by atoms with E-state index in [4.69, 9.17) is 10.6 Å². The lowest BCUT2D eigenvalue weighted by molar-refractivity contribution is 0.0945. The number of nitrogens with zero attached hydrogens (tertiary/aromatic N) is 2. The first-order valence-corrected chi connectivity index (χ1v) is 5.93. The van der Waals surface area contributed by atoms with E-state index in [-0.39, 0.29) is 11.6 Å². The number of amides is 1. The Balaban J connectivity index is 2.01. The third-order valence-electron chi connectivity index (χ3n) is 2.66.